The van der Waals surface area contributed by atoms with Crippen LogP contribution in [0.4, 0.5) is 0 Å². The molecule has 1 N–H and O–H groups in total. The summed E-state index contributed by atoms with van der Waals surface area (Å²) in [6.45, 7) is 12.6. The Hall–Kier alpha value is -0.510. The van der Waals surface area contributed by atoms with Crippen LogP contribution in [0.5, 0.6) is 0 Å². The maximum Gasteiger partial charge on any atom is 0.0237 e. The summed E-state index contributed by atoms with van der Waals surface area (Å²) in [5.74, 6) is 2.01. The Kier molecular flexibility index (Phi) is 7.08. The summed E-state index contributed by atoms with van der Waals surface area (Å²) in [4.78, 5) is 2.61. The molecular weight excluding hydrogens is 276 g/mol. The van der Waals surface area contributed by atoms with Crippen molar-refractivity contribution in [2.24, 2.45) is 5.92 Å². The molecule has 1 unspecified atom stereocenters. The van der Waals surface area contributed by atoms with Gasteiger partial charge in [-0.1, -0.05) is 45.0 Å². The van der Waals surface area contributed by atoms with Crippen LogP contribution >= 0.6 is 11.8 Å². The molecule has 2 rings (SSSR count). The molecule has 0 spiro atoms. The number of thioether (sulfide) groups is 1. The van der Waals surface area contributed by atoms with E-state index >= 15 is 0 Å². The average Bonchev–Trinajstić information content (AvgIpc) is 2.45. The fraction of sp³-hybridized carbons (Fsp3) is 0.667. The van der Waals surface area contributed by atoms with Gasteiger partial charge in [-0.25, -0.2) is 0 Å². The zero-order chi connectivity index (χ0) is 15.1. The lowest BCUT2D eigenvalue weighted by molar-refractivity contribution is 0.277. The molecule has 1 saturated heterocycles. The van der Waals surface area contributed by atoms with Crippen LogP contribution in [0.2, 0.25) is 0 Å². The minimum Gasteiger partial charge on any atom is -0.316 e. The predicted octanol–water partition coefficient (Wildman–Crippen LogP) is 3.41. The van der Waals surface area contributed by atoms with Crippen molar-refractivity contribution in [2.75, 3.05) is 31.9 Å². The number of rotatable bonds is 7. The first-order chi connectivity index (χ1) is 10.1. The normalized spacial score (nSPS) is 20.1. The molecule has 0 saturated carbocycles. The highest BCUT2D eigenvalue weighted by molar-refractivity contribution is 7.99. The average molecular weight is 307 g/mol. The van der Waals surface area contributed by atoms with E-state index in [1.54, 1.807) is 0 Å². The van der Waals surface area contributed by atoms with Crippen LogP contribution in [0.25, 0.3) is 0 Å². The summed E-state index contributed by atoms with van der Waals surface area (Å²) >= 11 is 2.10. The Labute approximate surface area is 134 Å². The van der Waals surface area contributed by atoms with E-state index in [0.717, 1.165) is 37.2 Å². The molecule has 0 aliphatic carbocycles. The van der Waals surface area contributed by atoms with E-state index in [4.69, 9.17) is 0 Å². The van der Waals surface area contributed by atoms with Gasteiger partial charge in [-0.3, -0.25) is 4.90 Å². The molecule has 0 amide bonds. The van der Waals surface area contributed by atoms with Crippen molar-refractivity contribution >= 4 is 11.8 Å². The third-order valence-corrected chi connectivity index (χ3v) is 5.10. The monoisotopic (exact) mass is 306 g/mol. The molecule has 1 aliphatic heterocycles. The summed E-state index contributed by atoms with van der Waals surface area (Å²) in [5.41, 5.74) is 3.03. The molecule has 0 aromatic heterocycles. The first-order valence-electron chi connectivity index (χ1n) is 8.26. The number of hydrogen-bond donors (Lipinski definition) is 1. The van der Waals surface area contributed by atoms with Gasteiger partial charge in [0.15, 0.2) is 0 Å². The van der Waals surface area contributed by atoms with Gasteiger partial charge in [0.05, 0.1) is 0 Å². The smallest absolute Gasteiger partial charge is 0.0237 e. The van der Waals surface area contributed by atoms with Gasteiger partial charge < -0.3 is 5.32 Å². The summed E-state index contributed by atoms with van der Waals surface area (Å²) in [6.07, 6.45) is 1.14. The zero-order valence-corrected chi connectivity index (χ0v) is 14.6. The molecule has 1 fully saturated rings. The van der Waals surface area contributed by atoms with Crippen molar-refractivity contribution in [3.05, 3.63) is 35.4 Å². The van der Waals surface area contributed by atoms with E-state index in [0.29, 0.717) is 0 Å². The van der Waals surface area contributed by atoms with E-state index < -0.39 is 0 Å². The van der Waals surface area contributed by atoms with Gasteiger partial charge in [0.1, 0.15) is 0 Å². The third-order valence-electron chi connectivity index (χ3n) is 3.96. The molecule has 2 nitrogen and oxygen atoms in total. The lowest BCUT2D eigenvalue weighted by Crippen LogP contribution is -2.36. The standard InChI is InChI=1S/C18H30N2S/c1-15(2)12-19-9-8-17-6-4-5-7-18(17)14-20-10-11-21-16(3)13-20/h4-7,15-16,19H,8-14H2,1-3H3. The Morgan fingerprint density at radius 1 is 1.29 bits per heavy atom. The van der Waals surface area contributed by atoms with Crippen molar-refractivity contribution in [1.29, 1.82) is 0 Å². The maximum absolute atomic E-state index is 3.55. The Morgan fingerprint density at radius 2 is 2.05 bits per heavy atom. The number of hydrogen-bond acceptors (Lipinski definition) is 3. The van der Waals surface area contributed by atoms with Crippen LogP contribution in [0.1, 0.15) is 31.9 Å². The van der Waals surface area contributed by atoms with Crippen LogP contribution in [-0.4, -0.2) is 42.1 Å². The van der Waals surface area contributed by atoms with Gasteiger partial charge in [-0.05, 0) is 36.6 Å². The summed E-state index contributed by atoms with van der Waals surface area (Å²) in [7, 11) is 0. The fourth-order valence-corrected chi connectivity index (χ4v) is 3.93. The predicted molar refractivity (Wildman–Crippen MR) is 95.1 cm³/mol. The summed E-state index contributed by atoms with van der Waals surface area (Å²) < 4.78 is 0. The Morgan fingerprint density at radius 3 is 2.76 bits per heavy atom. The highest BCUT2D eigenvalue weighted by Gasteiger charge is 2.17. The fourth-order valence-electron chi connectivity index (χ4n) is 2.84. The lowest BCUT2D eigenvalue weighted by atomic mass is 10.0. The molecule has 1 aromatic rings. The number of benzene rings is 1. The van der Waals surface area contributed by atoms with Crippen molar-refractivity contribution in [3.8, 4) is 0 Å². The minimum atomic E-state index is 0.729. The van der Waals surface area contributed by atoms with Crippen molar-refractivity contribution in [1.82, 2.24) is 10.2 Å². The van der Waals surface area contributed by atoms with Gasteiger partial charge in [-0.2, -0.15) is 11.8 Å². The molecular formula is C18H30N2S. The first kappa shape index (κ1) is 16.9. The second kappa shape index (κ2) is 8.82. The molecule has 0 radical (unpaired) electrons. The van der Waals surface area contributed by atoms with E-state index in [-0.39, 0.29) is 0 Å². The molecule has 1 aliphatic rings. The quantitative estimate of drug-likeness (QED) is 0.777. The van der Waals surface area contributed by atoms with E-state index in [9.17, 15) is 0 Å². The largest absolute Gasteiger partial charge is 0.316 e. The molecule has 21 heavy (non-hydrogen) atoms. The first-order valence-corrected chi connectivity index (χ1v) is 9.31. The second-order valence-corrected chi connectivity index (χ2v) is 8.08. The maximum atomic E-state index is 3.55. The van der Waals surface area contributed by atoms with Crippen molar-refractivity contribution in [3.63, 3.8) is 0 Å². The Bertz CT molecular complexity index is 419. The summed E-state index contributed by atoms with van der Waals surface area (Å²) in [6, 6.07) is 8.97. The van der Waals surface area contributed by atoms with Crippen molar-refractivity contribution < 1.29 is 0 Å². The molecule has 1 heterocycles. The van der Waals surface area contributed by atoms with E-state index in [1.165, 1.54) is 30.0 Å². The highest BCUT2D eigenvalue weighted by Crippen LogP contribution is 2.20. The van der Waals surface area contributed by atoms with Crippen LogP contribution in [0.15, 0.2) is 24.3 Å². The van der Waals surface area contributed by atoms with Gasteiger partial charge in [0.25, 0.3) is 0 Å². The van der Waals surface area contributed by atoms with Gasteiger partial charge >= 0.3 is 0 Å². The van der Waals surface area contributed by atoms with Crippen LogP contribution in [0, 0.1) is 5.92 Å². The summed E-state index contributed by atoms with van der Waals surface area (Å²) in [5, 5.41) is 4.33. The molecule has 3 heteroatoms. The molecule has 0 bridgehead atoms. The molecule has 1 atom stereocenters. The zero-order valence-electron chi connectivity index (χ0n) is 13.8. The number of nitrogens with one attached hydrogen (secondary N) is 1. The van der Waals surface area contributed by atoms with Gasteiger partial charge in [0.2, 0.25) is 0 Å². The lowest BCUT2D eigenvalue weighted by Gasteiger charge is -2.31. The SMILES string of the molecule is CC(C)CNCCc1ccccc1CN1CCSC(C)C1. The molecule has 118 valence electrons. The van der Waals surface area contributed by atoms with Gasteiger partial charge in [-0.15, -0.1) is 0 Å². The van der Waals surface area contributed by atoms with Crippen LogP contribution < -0.4 is 5.32 Å². The minimum absolute atomic E-state index is 0.729. The van der Waals surface area contributed by atoms with Gasteiger partial charge in [0, 0.05) is 30.6 Å². The third kappa shape index (κ3) is 6.01. The second-order valence-electron chi connectivity index (χ2n) is 6.53. The van der Waals surface area contributed by atoms with Crippen LogP contribution in [0.3, 0.4) is 0 Å². The van der Waals surface area contributed by atoms with E-state index in [1.807, 2.05) is 0 Å². The van der Waals surface area contributed by atoms with Crippen molar-refractivity contribution in [2.45, 2.75) is 39.0 Å². The Balaban J connectivity index is 1.87. The number of nitrogens with zero attached hydrogens (tertiary/aromatic N) is 1. The molecule has 1 aromatic carbocycles. The topological polar surface area (TPSA) is 15.3 Å². The highest BCUT2D eigenvalue weighted by atomic mass is 32.2. The van der Waals surface area contributed by atoms with E-state index in [2.05, 4.69) is 67.0 Å². The van der Waals surface area contributed by atoms with Crippen LogP contribution in [-0.2, 0) is 13.0 Å².